The molecule has 0 amide bonds. The van der Waals surface area contributed by atoms with E-state index in [1.54, 1.807) is 0 Å². The lowest BCUT2D eigenvalue weighted by Gasteiger charge is -2.26. The van der Waals surface area contributed by atoms with Crippen molar-refractivity contribution in [2.24, 2.45) is 0 Å². The molecule has 2 heteroatoms. The summed E-state index contributed by atoms with van der Waals surface area (Å²) in [6.45, 7) is 2.53. The van der Waals surface area contributed by atoms with Gasteiger partial charge in [0.25, 0.3) is 0 Å². The van der Waals surface area contributed by atoms with Gasteiger partial charge in [0.05, 0.1) is 12.6 Å². The summed E-state index contributed by atoms with van der Waals surface area (Å²) in [6.07, 6.45) is 6.32. The molecule has 1 saturated heterocycles. The average molecular weight is 231 g/mol. The summed E-state index contributed by atoms with van der Waals surface area (Å²) in [5.41, 5.74) is 4.35. The molecule has 3 rings (SSSR count). The Balaban J connectivity index is 1.85. The van der Waals surface area contributed by atoms with Gasteiger partial charge in [-0.3, -0.25) is 4.90 Å². The molecule has 1 atom stereocenters. The molecule has 1 heterocycles. The number of hydrogen-bond donors (Lipinski definition) is 1. The zero-order valence-corrected chi connectivity index (χ0v) is 10.4. The van der Waals surface area contributed by atoms with Crippen molar-refractivity contribution >= 4 is 0 Å². The maximum atomic E-state index is 9.65. The highest BCUT2D eigenvalue weighted by atomic mass is 16.3. The number of aryl methyl sites for hydroxylation is 2. The van der Waals surface area contributed by atoms with Crippen LogP contribution in [-0.2, 0) is 12.8 Å². The lowest BCUT2D eigenvalue weighted by atomic mass is 10.0. The molecule has 1 fully saturated rings. The van der Waals surface area contributed by atoms with Crippen LogP contribution in [0.1, 0.15) is 42.0 Å². The summed E-state index contributed by atoms with van der Waals surface area (Å²) >= 11 is 0. The summed E-state index contributed by atoms with van der Waals surface area (Å²) < 4.78 is 0. The second-order valence-electron chi connectivity index (χ2n) is 5.32. The fraction of sp³-hybridized carbons (Fsp3) is 0.600. The van der Waals surface area contributed by atoms with Gasteiger partial charge in [-0.2, -0.15) is 0 Å². The minimum absolute atomic E-state index is 0.225. The van der Waals surface area contributed by atoms with Crippen molar-refractivity contribution in [1.29, 1.82) is 0 Å². The highest BCUT2D eigenvalue weighted by molar-refractivity contribution is 5.36. The van der Waals surface area contributed by atoms with Crippen LogP contribution in [-0.4, -0.2) is 29.7 Å². The molecule has 1 unspecified atom stereocenters. The molecule has 0 spiro atoms. The Kier molecular flexibility index (Phi) is 3.17. The van der Waals surface area contributed by atoms with Crippen molar-refractivity contribution in [3.63, 3.8) is 0 Å². The van der Waals surface area contributed by atoms with E-state index in [4.69, 9.17) is 0 Å². The lowest BCUT2D eigenvalue weighted by Crippen LogP contribution is -2.28. The van der Waals surface area contributed by atoms with E-state index >= 15 is 0 Å². The Hall–Kier alpha value is -0.860. The number of benzene rings is 1. The van der Waals surface area contributed by atoms with E-state index in [-0.39, 0.29) is 12.6 Å². The molecule has 0 bridgehead atoms. The van der Waals surface area contributed by atoms with Gasteiger partial charge in [0.2, 0.25) is 0 Å². The first kappa shape index (κ1) is 11.2. The summed E-state index contributed by atoms with van der Waals surface area (Å²) in [5, 5.41) is 9.65. The van der Waals surface area contributed by atoms with Crippen molar-refractivity contribution < 1.29 is 5.11 Å². The summed E-state index contributed by atoms with van der Waals surface area (Å²) in [7, 11) is 0. The monoisotopic (exact) mass is 231 g/mol. The third-order valence-corrected chi connectivity index (χ3v) is 4.26. The average Bonchev–Trinajstić information content (AvgIpc) is 2.99. The SMILES string of the molecule is OCC(c1ccc2c(c1)CCC2)N1CCCC1. The van der Waals surface area contributed by atoms with Gasteiger partial charge in [-0.05, 0) is 61.9 Å². The molecular formula is C15H21NO. The van der Waals surface area contributed by atoms with Crippen LogP contribution in [0.5, 0.6) is 0 Å². The largest absolute Gasteiger partial charge is 0.394 e. The number of aliphatic hydroxyl groups is 1. The van der Waals surface area contributed by atoms with Crippen LogP contribution in [0, 0.1) is 0 Å². The fourth-order valence-electron chi connectivity index (χ4n) is 3.28. The minimum atomic E-state index is 0.225. The fourth-order valence-corrected chi connectivity index (χ4v) is 3.28. The molecular weight excluding hydrogens is 210 g/mol. The van der Waals surface area contributed by atoms with E-state index < -0.39 is 0 Å². The molecule has 0 saturated carbocycles. The Bertz CT molecular complexity index is 396. The van der Waals surface area contributed by atoms with E-state index in [1.165, 1.54) is 48.8 Å². The van der Waals surface area contributed by atoms with Crippen LogP contribution >= 0.6 is 0 Å². The Morgan fingerprint density at radius 1 is 1.06 bits per heavy atom. The van der Waals surface area contributed by atoms with Crippen LogP contribution < -0.4 is 0 Å². The molecule has 17 heavy (non-hydrogen) atoms. The molecule has 0 radical (unpaired) electrons. The van der Waals surface area contributed by atoms with Crippen LogP contribution in [0.4, 0.5) is 0 Å². The topological polar surface area (TPSA) is 23.5 Å². The van der Waals surface area contributed by atoms with Gasteiger partial charge in [0.15, 0.2) is 0 Å². The molecule has 0 aromatic heterocycles. The molecule has 1 aromatic rings. The number of likely N-dealkylation sites (tertiary alicyclic amines) is 1. The maximum Gasteiger partial charge on any atom is 0.0628 e. The number of hydrogen-bond acceptors (Lipinski definition) is 2. The molecule has 1 N–H and O–H groups in total. The molecule has 1 aliphatic heterocycles. The Morgan fingerprint density at radius 2 is 1.82 bits per heavy atom. The Morgan fingerprint density at radius 3 is 2.59 bits per heavy atom. The third kappa shape index (κ3) is 2.12. The van der Waals surface area contributed by atoms with E-state index in [0.717, 1.165) is 13.1 Å². The molecule has 2 aliphatic rings. The van der Waals surface area contributed by atoms with Crippen LogP contribution in [0.3, 0.4) is 0 Å². The lowest BCUT2D eigenvalue weighted by molar-refractivity contribution is 0.147. The quantitative estimate of drug-likeness (QED) is 0.863. The first-order valence-corrected chi connectivity index (χ1v) is 6.85. The highest BCUT2D eigenvalue weighted by Crippen LogP contribution is 2.29. The van der Waals surface area contributed by atoms with Gasteiger partial charge < -0.3 is 5.11 Å². The number of nitrogens with zero attached hydrogens (tertiary/aromatic N) is 1. The van der Waals surface area contributed by atoms with Gasteiger partial charge in [0.1, 0.15) is 0 Å². The first-order chi connectivity index (χ1) is 8.38. The van der Waals surface area contributed by atoms with Crippen molar-refractivity contribution in [3.05, 3.63) is 34.9 Å². The van der Waals surface area contributed by atoms with E-state index in [9.17, 15) is 5.11 Å². The van der Waals surface area contributed by atoms with Crippen LogP contribution in [0.25, 0.3) is 0 Å². The number of aliphatic hydroxyl groups excluding tert-OH is 1. The minimum Gasteiger partial charge on any atom is -0.394 e. The summed E-state index contributed by atoms with van der Waals surface area (Å²) in [5.74, 6) is 0. The standard InChI is InChI=1S/C15H21NO/c17-11-15(16-8-1-2-9-16)14-7-6-12-4-3-5-13(12)10-14/h6-7,10,15,17H,1-5,8-9,11H2. The van der Waals surface area contributed by atoms with Crippen LogP contribution in [0.15, 0.2) is 18.2 Å². The second-order valence-corrected chi connectivity index (χ2v) is 5.32. The van der Waals surface area contributed by atoms with Crippen molar-refractivity contribution in [1.82, 2.24) is 4.90 Å². The van der Waals surface area contributed by atoms with E-state index in [1.807, 2.05) is 0 Å². The van der Waals surface area contributed by atoms with Crippen molar-refractivity contribution in [2.45, 2.75) is 38.1 Å². The predicted octanol–water partition coefficient (Wildman–Crippen LogP) is 2.30. The Labute approximate surface area is 103 Å². The van der Waals surface area contributed by atoms with Crippen LogP contribution in [0.2, 0.25) is 0 Å². The summed E-state index contributed by atoms with van der Waals surface area (Å²) in [6, 6.07) is 7.06. The second kappa shape index (κ2) is 4.79. The third-order valence-electron chi connectivity index (χ3n) is 4.26. The number of fused-ring (bicyclic) bond motifs is 1. The van der Waals surface area contributed by atoms with Gasteiger partial charge in [-0.25, -0.2) is 0 Å². The summed E-state index contributed by atoms with van der Waals surface area (Å²) in [4.78, 5) is 2.43. The highest BCUT2D eigenvalue weighted by Gasteiger charge is 2.23. The van der Waals surface area contributed by atoms with Crippen molar-refractivity contribution in [3.8, 4) is 0 Å². The van der Waals surface area contributed by atoms with Crippen molar-refractivity contribution in [2.75, 3.05) is 19.7 Å². The van der Waals surface area contributed by atoms with Gasteiger partial charge in [-0.15, -0.1) is 0 Å². The van der Waals surface area contributed by atoms with Gasteiger partial charge >= 0.3 is 0 Å². The predicted molar refractivity (Wildman–Crippen MR) is 69.1 cm³/mol. The zero-order valence-electron chi connectivity index (χ0n) is 10.4. The van der Waals surface area contributed by atoms with Gasteiger partial charge in [-0.1, -0.05) is 18.2 Å². The van der Waals surface area contributed by atoms with E-state index in [0.29, 0.717) is 0 Å². The van der Waals surface area contributed by atoms with Gasteiger partial charge in [0, 0.05) is 0 Å². The maximum absolute atomic E-state index is 9.65. The molecule has 1 aromatic carbocycles. The normalized spacial score (nSPS) is 21.7. The molecule has 92 valence electrons. The smallest absolute Gasteiger partial charge is 0.0628 e. The van der Waals surface area contributed by atoms with E-state index in [2.05, 4.69) is 23.1 Å². The molecule has 1 aliphatic carbocycles. The molecule has 2 nitrogen and oxygen atoms in total. The first-order valence-electron chi connectivity index (χ1n) is 6.85. The number of rotatable bonds is 3. The zero-order chi connectivity index (χ0) is 11.7.